The molecular formula is C25H35N3O9. The lowest BCUT2D eigenvalue weighted by molar-refractivity contribution is -0.165. The molecule has 1 aromatic rings. The maximum Gasteiger partial charge on any atom is 0.335 e. The lowest BCUT2D eigenvalue weighted by atomic mass is 10.1. The van der Waals surface area contributed by atoms with Crippen LogP contribution in [0.15, 0.2) is 24.4 Å². The number of aliphatic carboxylic acids is 2. The summed E-state index contributed by atoms with van der Waals surface area (Å²) in [5.41, 5.74) is 0.906. The van der Waals surface area contributed by atoms with Crippen LogP contribution in [-0.4, -0.2) is 117 Å². The minimum Gasteiger partial charge on any atom is -0.479 e. The maximum atomic E-state index is 12.1. The van der Waals surface area contributed by atoms with E-state index < -0.39 is 24.1 Å². The van der Waals surface area contributed by atoms with Crippen molar-refractivity contribution in [1.29, 1.82) is 0 Å². The van der Waals surface area contributed by atoms with Gasteiger partial charge in [0.05, 0.1) is 13.2 Å². The molecule has 1 aromatic heterocycles. The second-order valence-electron chi connectivity index (χ2n) is 9.33. The molecule has 2 saturated heterocycles. The topological polar surface area (TPSA) is 170 Å². The number of carboxylic acids is 2. The SMILES string of the molecule is O=C(C=Cc1ccc(OC2CCN(CC3CC3)CC2)nc1)N1CCOCC1.O=C(O)[C@H](O)[C@@H](O)C(=O)O. The maximum absolute atomic E-state index is 12.1. The Morgan fingerprint density at radius 2 is 1.62 bits per heavy atom. The molecule has 0 bridgehead atoms. The zero-order chi connectivity index (χ0) is 26.8. The van der Waals surface area contributed by atoms with Gasteiger partial charge in [0.1, 0.15) is 6.10 Å². The number of pyridine rings is 1. The lowest BCUT2D eigenvalue weighted by Crippen LogP contribution is -2.39. The van der Waals surface area contributed by atoms with Gasteiger partial charge in [0.15, 0.2) is 12.2 Å². The molecular weight excluding hydrogens is 486 g/mol. The number of aliphatic hydroxyl groups excluding tert-OH is 2. The Hall–Kier alpha value is -3.06. The van der Waals surface area contributed by atoms with Crippen LogP contribution in [0.1, 0.15) is 31.2 Å². The highest BCUT2D eigenvalue weighted by Crippen LogP contribution is 2.30. The van der Waals surface area contributed by atoms with Gasteiger partial charge in [0, 0.05) is 51.1 Å². The highest BCUT2D eigenvalue weighted by atomic mass is 16.5. The fraction of sp³-hybridized carbons (Fsp3) is 0.600. The molecule has 0 unspecified atom stereocenters. The number of carbonyl (C=O) groups is 3. The van der Waals surface area contributed by atoms with E-state index in [0.29, 0.717) is 32.2 Å². The second kappa shape index (κ2) is 14.0. The molecule has 1 aliphatic carbocycles. The summed E-state index contributed by atoms with van der Waals surface area (Å²) in [6, 6.07) is 3.85. The van der Waals surface area contributed by atoms with Gasteiger partial charge >= 0.3 is 11.9 Å². The molecule has 204 valence electrons. The smallest absolute Gasteiger partial charge is 0.335 e. The zero-order valence-electron chi connectivity index (χ0n) is 20.6. The summed E-state index contributed by atoms with van der Waals surface area (Å²) in [4.78, 5) is 40.5. The van der Waals surface area contributed by atoms with Gasteiger partial charge in [-0.25, -0.2) is 14.6 Å². The van der Waals surface area contributed by atoms with Crippen molar-refractivity contribution in [1.82, 2.24) is 14.8 Å². The van der Waals surface area contributed by atoms with Crippen LogP contribution in [0.5, 0.6) is 5.88 Å². The number of carboxylic acid groups (broad SMARTS) is 2. The molecule has 3 heterocycles. The average molecular weight is 522 g/mol. The number of ether oxygens (including phenoxy) is 2. The predicted molar refractivity (Wildman–Crippen MR) is 131 cm³/mol. The molecule has 3 fully saturated rings. The van der Waals surface area contributed by atoms with E-state index in [1.807, 2.05) is 18.2 Å². The number of carbonyl (C=O) groups excluding carboxylic acids is 1. The first kappa shape index (κ1) is 28.5. The third-order valence-corrected chi connectivity index (χ3v) is 6.34. The Kier molecular flexibility index (Phi) is 10.8. The van der Waals surface area contributed by atoms with Crippen LogP contribution in [0.25, 0.3) is 6.08 Å². The van der Waals surface area contributed by atoms with E-state index in [9.17, 15) is 14.4 Å². The summed E-state index contributed by atoms with van der Waals surface area (Å²) in [6.07, 6.45) is 5.89. The van der Waals surface area contributed by atoms with Gasteiger partial charge in [-0.2, -0.15) is 0 Å². The molecule has 4 rings (SSSR count). The number of hydrogen-bond acceptors (Lipinski definition) is 9. The van der Waals surface area contributed by atoms with Crippen LogP contribution in [0.2, 0.25) is 0 Å². The summed E-state index contributed by atoms with van der Waals surface area (Å²) in [5.74, 6) is -1.88. The Balaban J connectivity index is 0.000000325. The van der Waals surface area contributed by atoms with Crippen molar-refractivity contribution in [2.45, 2.75) is 44.0 Å². The normalized spacial score (nSPS) is 20.5. The first-order valence-electron chi connectivity index (χ1n) is 12.4. The molecule has 1 saturated carbocycles. The Bertz CT molecular complexity index is 904. The molecule has 0 aromatic carbocycles. The van der Waals surface area contributed by atoms with Crippen LogP contribution in [0.4, 0.5) is 0 Å². The first-order chi connectivity index (χ1) is 17.7. The van der Waals surface area contributed by atoms with Crippen molar-refractivity contribution >= 4 is 23.9 Å². The molecule has 1 amide bonds. The number of hydrogen-bond donors (Lipinski definition) is 4. The van der Waals surface area contributed by atoms with E-state index in [0.717, 1.165) is 37.4 Å². The number of aromatic nitrogens is 1. The van der Waals surface area contributed by atoms with Gasteiger partial charge in [-0.05, 0) is 49.3 Å². The van der Waals surface area contributed by atoms with Crippen molar-refractivity contribution in [2.24, 2.45) is 5.92 Å². The van der Waals surface area contributed by atoms with Gasteiger partial charge in [-0.3, -0.25) is 4.79 Å². The molecule has 2 atom stereocenters. The number of rotatable bonds is 9. The number of piperidine rings is 1. The number of aliphatic hydroxyl groups is 2. The number of nitrogens with zero attached hydrogens (tertiary/aromatic N) is 3. The predicted octanol–water partition coefficient (Wildman–Crippen LogP) is 0.0842. The molecule has 0 spiro atoms. The Morgan fingerprint density at radius 3 is 2.14 bits per heavy atom. The van der Waals surface area contributed by atoms with Crippen molar-refractivity contribution < 1.29 is 44.3 Å². The fourth-order valence-electron chi connectivity index (χ4n) is 3.93. The van der Waals surface area contributed by atoms with Crippen LogP contribution in [-0.2, 0) is 19.1 Å². The molecule has 12 nitrogen and oxygen atoms in total. The summed E-state index contributed by atoms with van der Waals surface area (Å²) in [7, 11) is 0. The van der Waals surface area contributed by atoms with E-state index in [4.69, 9.17) is 29.9 Å². The van der Waals surface area contributed by atoms with E-state index in [-0.39, 0.29) is 12.0 Å². The summed E-state index contributed by atoms with van der Waals surface area (Å²) in [6.45, 7) is 6.09. The van der Waals surface area contributed by atoms with Gasteiger partial charge in [-0.15, -0.1) is 0 Å². The second-order valence-corrected chi connectivity index (χ2v) is 9.33. The fourth-order valence-corrected chi connectivity index (χ4v) is 3.93. The van der Waals surface area contributed by atoms with E-state index in [2.05, 4.69) is 9.88 Å². The Morgan fingerprint density at radius 1 is 1.00 bits per heavy atom. The van der Waals surface area contributed by atoms with Gasteiger partial charge < -0.3 is 39.7 Å². The molecule has 37 heavy (non-hydrogen) atoms. The molecule has 2 aliphatic heterocycles. The van der Waals surface area contributed by atoms with E-state index in [1.54, 1.807) is 17.2 Å². The van der Waals surface area contributed by atoms with Crippen LogP contribution >= 0.6 is 0 Å². The van der Waals surface area contributed by atoms with Gasteiger partial charge in [0.25, 0.3) is 0 Å². The summed E-state index contributed by atoms with van der Waals surface area (Å²) >= 11 is 0. The molecule has 12 heteroatoms. The van der Waals surface area contributed by atoms with Gasteiger partial charge in [-0.1, -0.05) is 0 Å². The molecule has 4 N–H and O–H groups in total. The quantitative estimate of drug-likeness (QED) is 0.325. The largest absolute Gasteiger partial charge is 0.479 e. The third kappa shape index (κ3) is 9.73. The summed E-state index contributed by atoms with van der Waals surface area (Å²) < 4.78 is 11.3. The van der Waals surface area contributed by atoms with Crippen LogP contribution < -0.4 is 4.74 Å². The van der Waals surface area contributed by atoms with Crippen molar-refractivity contribution in [3.8, 4) is 5.88 Å². The number of amides is 1. The standard InChI is InChI=1S/C21H29N3O3.C4H6O6/c25-21(24-11-13-26-14-12-24)6-4-17-3-5-20(22-15-17)27-19-7-9-23(10-8-19)16-18-1-2-18;5-1(3(7)8)2(6)4(9)10/h3-6,15,18-19H,1-2,7-14,16H2;1-2,5-6H,(H,7,8)(H,9,10)/t;1-,2-/m.1/s1. The molecule has 3 aliphatic rings. The number of likely N-dealkylation sites (tertiary alicyclic amines) is 1. The van der Waals surface area contributed by atoms with Crippen molar-refractivity contribution in [3.63, 3.8) is 0 Å². The lowest BCUT2D eigenvalue weighted by Gasteiger charge is -2.31. The van der Waals surface area contributed by atoms with Gasteiger partial charge in [0.2, 0.25) is 11.8 Å². The van der Waals surface area contributed by atoms with Crippen LogP contribution in [0, 0.1) is 5.92 Å². The summed E-state index contributed by atoms with van der Waals surface area (Å²) in [5, 5.41) is 32.5. The minimum absolute atomic E-state index is 0.0246. The third-order valence-electron chi connectivity index (χ3n) is 6.34. The highest BCUT2D eigenvalue weighted by molar-refractivity contribution is 5.91. The first-order valence-corrected chi connectivity index (χ1v) is 12.4. The highest BCUT2D eigenvalue weighted by Gasteiger charge is 2.29. The Labute approximate surface area is 215 Å². The minimum atomic E-state index is -2.27. The average Bonchev–Trinajstić information content (AvgIpc) is 3.73. The van der Waals surface area contributed by atoms with E-state index in [1.165, 1.54) is 19.4 Å². The molecule has 0 radical (unpaired) electrons. The van der Waals surface area contributed by atoms with Crippen molar-refractivity contribution in [2.75, 3.05) is 45.9 Å². The van der Waals surface area contributed by atoms with E-state index >= 15 is 0 Å². The van der Waals surface area contributed by atoms with Crippen LogP contribution in [0.3, 0.4) is 0 Å². The zero-order valence-corrected chi connectivity index (χ0v) is 20.6. The van der Waals surface area contributed by atoms with Crippen molar-refractivity contribution in [3.05, 3.63) is 30.0 Å². The number of morpholine rings is 1. The monoisotopic (exact) mass is 521 g/mol.